The molecule has 4 heteroatoms. The van der Waals surface area contributed by atoms with Crippen LogP contribution in [0.3, 0.4) is 0 Å². The number of rotatable bonds is 0. The van der Waals surface area contributed by atoms with Crippen molar-refractivity contribution in [2.24, 2.45) is 0 Å². The van der Waals surface area contributed by atoms with Gasteiger partial charge >= 0.3 is 0 Å². The SMILES string of the molecule is CO.N#N.Nc1ccccc1. The fourth-order valence-corrected chi connectivity index (χ4v) is 0.453. The van der Waals surface area contributed by atoms with Crippen molar-refractivity contribution in [3.05, 3.63) is 30.3 Å². The van der Waals surface area contributed by atoms with Gasteiger partial charge in [0.05, 0.1) is 0 Å². The van der Waals surface area contributed by atoms with Crippen molar-refractivity contribution in [3.63, 3.8) is 0 Å². The van der Waals surface area contributed by atoms with Crippen LogP contribution in [0, 0.1) is 10.8 Å². The van der Waals surface area contributed by atoms with E-state index in [9.17, 15) is 0 Å². The summed E-state index contributed by atoms with van der Waals surface area (Å²) < 4.78 is 0. The van der Waals surface area contributed by atoms with Crippen LogP contribution in [-0.4, -0.2) is 12.2 Å². The zero-order chi connectivity index (χ0) is 9.11. The molecule has 60 valence electrons. The van der Waals surface area contributed by atoms with Crippen molar-refractivity contribution in [1.82, 2.24) is 0 Å². The van der Waals surface area contributed by atoms with Gasteiger partial charge in [-0.2, -0.15) is 0 Å². The van der Waals surface area contributed by atoms with Gasteiger partial charge in [-0.15, -0.1) is 0 Å². The Bertz CT molecular complexity index is 174. The number of anilines is 1. The molecule has 0 unspecified atom stereocenters. The molecule has 0 aliphatic rings. The summed E-state index contributed by atoms with van der Waals surface area (Å²) in [6.45, 7) is 0. The first-order valence-corrected chi connectivity index (χ1v) is 2.85. The summed E-state index contributed by atoms with van der Waals surface area (Å²) in [5.41, 5.74) is 6.18. The molecule has 0 fully saturated rings. The van der Waals surface area contributed by atoms with Crippen LogP contribution in [0.25, 0.3) is 0 Å². The minimum Gasteiger partial charge on any atom is -0.400 e. The van der Waals surface area contributed by atoms with E-state index in [0.717, 1.165) is 12.8 Å². The van der Waals surface area contributed by atoms with E-state index >= 15 is 0 Å². The number of nitrogens with two attached hydrogens (primary N) is 1. The molecule has 0 spiro atoms. The van der Waals surface area contributed by atoms with Gasteiger partial charge in [0.25, 0.3) is 0 Å². The first-order chi connectivity index (χ1) is 5.39. The van der Waals surface area contributed by atoms with Crippen molar-refractivity contribution < 1.29 is 5.11 Å². The fourth-order valence-electron chi connectivity index (χ4n) is 0.453. The average molecular weight is 153 g/mol. The lowest BCUT2D eigenvalue weighted by Crippen LogP contribution is -1.79. The van der Waals surface area contributed by atoms with Gasteiger partial charge < -0.3 is 10.8 Å². The van der Waals surface area contributed by atoms with Crippen molar-refractivity contribution in [3.8, 4) is 0 Å². The van der Waals surface area contributed by atoms with E-state index in [4.69, 9.17) is 21.6 Å². The Morgan fingerprint density at radius 2 is 1.45 bits per heavy atom. The molecule has 1 aromatic rings. The van der Waals surface area contributed by atoms with Crippen LogP contribution in [0.2, 0.25) is 0 Å². The van der Waals surface area contributed by atoms with Gasteiger partial charge in [0.1, 0.15) is 0 Å². The highest BCUT2D eigenvalue weighted by molar-refractivity contribution is 5.35. The van der Waals surface area contributed by atoms with Gasteiger partial charge in [0.2, 0.25) is 0 Å². The van der Waals surface area contributed by atoms with Gasteiger partial charge in [0.15, 0.2) is 0 Å². The van der Waals surface area contributed by atoms with Gasteiger partial charge in [0, 0.05) is 23.6 Å². The summed E-state index contributed by atoms with van der Waals surface area (Å²) in [4.78, 5) is 0. The molecule has 1 aromatic carbocycles. The van der Waals surface area contributed by atoms with E-state index < -0.39 is 0 Å². The third-order valence-corrected chi connectivity index (χ3v) is 0.800. The van der Waals surface area contributed by atoms with E-state index in [0.29, 0.717) is 0 Å². The molecular weight excluding hydrogens is 142 g/mol. The molecule has 1 rings (SSSR count). The van der Waals surface area contributed by atoms with Gasteiger partial charge in [-0.05, 0) is 12.1 Å². The summed E-state index contributed by atoms with van der Waals surface area (Å²) in [7, 11) is 1.00. The van der Waals surface area contributed by atoms with E-state index in [1.54, 1.807) is 0 Å². The second-order valence-electron chi connectivity index (χ2n) is 1.41. The number of nitrogen functional groups attached to an aromatic ring is 1. The largest absolute Gasteiger partial charge is 0.400 e. The molecule has 0 amide bonds. The number of hydrogen-bond acceptors (Lipinski definition) is 4. The molecule has 0 aliphatic heterocycles. The standard InChI is InChI=1S/C6H7N.CH4O.N2/c7-6-4-2-1-3-5-6;2*1-2/h1-5H,7H2;2H,1H3;. The Morgan fingerprint density at radius 1 is 1.09 bits per heavy atom. The third-order valence-electron chi connectivity index (χ3n) is 0.800. The molecular formula is C7H11N3O. The molecule has 0 bridgehead atoms. The minimum absolute atomic E-state index is 0.822. The second-order valence-corrected chi connectivity index (χ2v) is 1.41. The summed E-state index contributed by atoms with van der Waals surface area (Å²) in [6.07, 6.45) is 0. The number of para-hydroxylation sites is 1. The molecule has 11 heavy (non-hydrogen) atoms. The van der Waals surface area contributed by atoms with Gasteiger partial charge in [-0.25, -0.2) is 0 Å². The first kappa shape index (κ1) is 12.1. The van der Waals surface area contributed by atoms with Crippen molar-refractivity contribution in [1.29, 1.82) is 10.8 Å². The molecule has 0 saturated carbocycles. The van der Waals surface area contributed by atoms with Crippen molar-refractivity contribution >= 4 is 5.69 Å². The zero-order valence-corrected chi connectivity index (χ0v) is 6.31. The highest BCUT2D eigenvalue weighted by Gasteiger charge is 1.72. The second kappa shape index (κ2) is 11.2. The summed E-state index contributed by atoms with van der Waals surface area (Å²) >= 11 is 0. The predicted molar refractivity (Wildman–Crippen MR) is 42.4 cm³/mol. The van der Waals surface area contributed by atoms with Crippen LogP contribution in [-0.2, 0) is 0 Å². The van der Waals surface area contributed by atoms with Crippen LogP contribution >= 0.6 is 0 Å². The lowest BCUT2D eigenvalue weighted by Gasteiger charge is -1.83. The fraction of sp³-hybridized carbons (Fsp3) is 0.143. The van der Waals surface area contributed by atoms with Crippen LogP contribution in [0.5, 0.6) is 0 Å². The summed E-state index contributed by atoms with van der Waals surface area (Å²) in [5.74, 6) is 0. The van der Waals surface area contributed by atoms with Crippen LogP contribution in [0.4, 0.5) is 5.69 Å². The Hall–Kier alpha value is -1.60. The first-order valence-electron chi connectivity index (χ1n) is 2.85. The Morgan fingerprint density at radius 3 is 1.64 bits per heavy atom. The smallest absolute Gasteiger partial charge is 0.0319 e. The van der Waals surface area contributed by atoms with E-state index in [1.165, 1.54) is 0 Å². The van der Waals surface area contributed by atoms with Gasteiger partial charge in [-0.3, -0.25) is 0 Å². The zero-order valence-electron chi connectivity index (χ0n) is 6.31. The lowest BCUT2D eigenvalue weighted by molar-refractivity contribution is 0.399. The van der Waals surface area contributed by atoms with E-state index in [-0.39, 0.29) is 0 Å². The lowest BCUT2D eigenvalue weighted by atomic mass is 10.3. The Kier molecular flexibility index (Phi) is 12.4. The highest BCUT2D eigenvalue weighted by atomic mass is 16.2. The van der Waals surface area contributed by atoms with E-state index in [2.05, 4.69) is 0 Å². The maximum Gasteiger partial charge on any atom is 0.0319 e. The molecule has 0 aromatic heterocycles. The van der Waals surface area contributed by atoms with Crippen LogP contribution in [0.15, 0.2) is 30.3 Å². The molecule has 4 nitrogen and oxygen atoms in total. The monoisotopic (exact) mass is 153 g/mol. The Labute approximate surface area is 65.7 Å². The minimum atomic E-state index is 0.822. The quantitative estimate of drug-likeness (QED) is 0.427. The predicted octanol–water partition coefficient (Wildman–Crippen LogP) is 0.907. The number of aliphatic hydroxyl groups excluding tert-OH is 1. The number of aliphatic hydroxyl groups is 1. The molecule has 0 heterocycles. The average Bonchev–Trinajstić information content (AvgIpc) is 2.13. The summed E-state index contributed by atoms with van der Waals surface area (Å²) in [6, 6.07) is 9.49. The van der Waals surface area contributed by atoms with E-state index in [1.807, 2.05) is 30.3 Å². The topological polar surface area (TPSA) is 93.8 Å². The molecule has 0 atom stereocenters. The molecule has 3 N–H and O–H groups in total. The van der Waals surface area contributed by atoms with Crippen LogP contribution < -0.4 is 5.73 Å². The highest BCUT2D eigenvalue weighted by Crippen LogP contribution is 1.95. The number of benzene rings is 1. The molecule has 0 aliphatic carbocycles. The normalized spacial score (nSPS) is 6.18. The third kappa shape index (κ3) is 8.40. The molecule has 0 radical (unpaired) electrons. The van der Waals surface area contributed by atoms with Crippen LogP contribution in [0.1, 0.15) is 0 Å². The maximum atomic E-state index is 7.00. The maximum absolute atomic E-state index is 7.00. The van der Waals surface area contributed by atoms with Gasteiger partial charge in [-0.1, -0.05) is 18.2 Å². The number of hydrogen-bond donors (Lipinski definition) is 2. The van der Waals surface area contributed by atoms with Crippen molar-refractivity contribution in [2.75, 3.05) is 12.8 Å². The number of nitrogens with zero attached hydrogens (tertiary/aromatic N) is 2. The Balaban J connectivity index is 0. The summed E-state index contributed by atoms with van der Waals surface area (Å²) in [5, 5.41) is 19.0. The molecule has 0 saturated heterocycles. The van der Waals surface area contributed by atoms with Crippen molar-refractivity contribution in [2.45, 2.75) is 0 Å².